The van der Waals surface area contributed by atoms with Crippen molar-refractivity contribution in [2.75, 3.05) is 0 Å². The van der Waals surface area contributed by atoms with Crippen LogP contribution in [0.4, 0.5) is 0 Å². The van der Waals surface area contributed by atoms with Gasteiger partial charge in [-0.2, -0.15) is 0 Å². The van der Waals surface area contributed by atoms with Gasteiger partial charge in [-0.05, 0) is 12.8 Å². The molecule has 0 saturated heterocycles. The largest absolute Gasteiger partial charge is 0.370 e. The quantitative estimate of drug-likeness (QED) is 0.636. The highest BCUT2D eigenvalue weighted by Crippen LogP contribution is 2.15. The topological polar surface area (TPSA) is 86.2 Å². The van der Waals surface area contributed by atoms with E-state index in [1.807, 2.05) is 0 Å². The van der Waals surface area contributed by atoms with Crippen molar-refractivity contribution in [2.45, 2.75) is 89.9 Å². The average Bonchev–Trinajstić information content (AvgIpc) is 2.44. The van der Waals surface area contributed by atoms with Gasteiger partial charge < -0.3 is 11.5 Å². The molecule has 0 atom stereocenters. The Morgan fingerprint density at radius 1 is 0.550 bits per heavy atom. The Labute approximate surface area is 123 Å². The van der Waals surface area contributed by atoms with E-state index in [-0.39, 0.29) is 11.8 Å². The second-order valence-electron chi connectivity index (χ2n) is 5.68. The number of carbonyl (C=O) groups is 2. The summed E-state index contributed by atoms with van der Waals surface area (Å²) in [6.45, 7) is 0. The lowest BCUT2D eigenvalue weighted by Gasteiger charge is -2.05. The maximum absolute atomic E-state index is 10.4. The molecule has 0 unspecified atom stereocenters. The van der Waals surface area contributed by atoms with Crippen LogP contribution in [0.5, 0.6) is 0 Å². The molecule has 1 fully saturated rings. The maximum atomic E-state index is 10.4. The van der Waals surface area contributed by atoms with Crippen molar-refractivity contribution >= 4 is 11.8 Å². The van der Waals surface area contributed by atoms with Gasteiger partial charge in [0.25, 0.3) is 0 Å². The van der Waals surface area contributed by atoms with Gasteiger partial charge in [0.05, 0.1) is 0 Å². The summed E-state index contributed by atoms with van der Waals surface area (Å²) >= 11 is 0. The predicted molar refractivity (Wildman–Crippen MR) is 83.0 cm³/mol. The minimum atomic E-state index is -0.223. The summed E-state index contributed by atoms with van der Waals surface area (Å²) in [5.74, 6) is -0.447. The molecule has 2 amide bonds. The van der Waals surface area contributed by atoms with E-state index in [1.165, 1.54) is 38.5 Å². The standard InChI is InChI=1S/C10H20N2O2.C6H12/c11-9(13)7-5-3-1-2-4-6-8-10(12)14;1-2-4-6-5-3-1/h1-8H2,(H2,11,13)(H2,12,14);1-6H2. The van der Waals surface area contributed by atoms with Gasteiger partial charge in [-0.15, -0.1) is 0 Å². The van der Waals surface area contributed by atoms with Crippen molar-refractivity contribution in [3.8, 4) is 0 Å². The first-order valence-corrected chi connectivity index (χ1v) is 8.19. The third-order valence-electron chi connectivity index (χ3n) is 3.60. The molecule has 0 aliphatic heterocycles. The molecule has 1 aliphatic carbocycles. The molecule has 118 valence electrons. The molecular weight excluding hydrogens is 252 g/mol. The van der Waals surface area contributed by atoms with Gasteiger partial charge in [-0.25, -0.2) is 0 Å². The molecule has 4 heteroatoms. The van der Waals surface area contributed by atoms with Crippen LogP contribution in [0, 0.1) is 0 Å². The van der Waals surface area contributed by atoms with E-state index in [1.54, 1.807) is 0 Å². The Hall–Kier alpha value is -1.06. The van der Waals surface area contributed by atoms with Crippen molar-refractivity contribution in [3.63, 3.8) is 0 Å². The molecule has 1 aliphatic rings. The maximum Gasteiger partial charge on any atom is 0.217 e. The van der Waals surface area contributed by atoms with Gasteiger partial charge in [0.15, 0.2) is 0 Å². The van der Waals surface area contributed by atoms with Crippen molar-refractivity contribution < 1.29 is 9.59 Å². The molecule has 1 saturated carbocycles. The SMILES string of the molecule is C1CCCCC1.NC(=O)CCCCCCCCC(N)=O. The second-order valence-corrected chi connectivity index (χ2v) is 5.68. The summed E-state index contributed by atoms with van der Waals surface area (Å²) in [4.78, 5) is 20.8. The summed E-state index contributed by atoms with van der Waals surface area (Å²) in [6, 6.07) is 0. The van der Waals surface area contributed by atoms with Crippen LogP contribution in [-0.2, 0) is 9.59 Å². The first-order chi connectivity index (χ1) is 9.63. The summed E-state index contributed by atoms with van der Waals surface area (Å²) in [5.41, 5.74) is 10.00. The molecule has 0 aromatic heterocycles. The van der Waals surface area contributed by atoms with Gasteiger partial charge in [-0.3, -0.25) is 9.59 Å². The smallest absolute Gasteiger partial charge is 0.217 e. The first-order valence-electron chi connectivity index (χ1n) is 8.19. The second kappa shape index (κ2) is 14.4. The summed E-state index contributed by atoms with van der Waals surface area (Å²) in [7, 11) is 0. The third kappa shape index (κ3) is 16.9. The van der Waals surface area contributed by atoms with Crippen LogP contribution in [0.2, 0.25) is 0 Å². The summed E-state index contributed by atoms with van der Waals surface area (Å²) in [6.07, 6.45) is 16.0. The lowest BCUT2D eigenvalue weighted by molar-refractivity contribution is -0.119. The van der Waals surface area contributed by atoms with Crippen LogP contribution in [0.1, 0.15) is 89.9 Å². The fourth-order valence-electron chi connectivity index (χ4n) is 2.37. The van der Waals surface area contributed by atoms with Crippen molar-refractivity contribution in [3.05, 3.63) is 0 Å². The number of nitrogens with two attached hydrogens (primary N) is 2. The Kier molecular flexibility index (Phi) is 13.6. The molecule has 0 aromatic carbocycles. The van der Waals surface area contributed by atoms with Gasteiger partial charge in [0.2, 0.25) is 11.8 Å². The van der Waals surface area contributed by atoms with Crippen molar-refractivity contribution in [1.82, 2.24) is 0 Å². The molecule has 20 heavy (non-hydrogen) atoms. The molecular formula is C16H32N2O2. The van der Waals surface area contributed by atoms with E-state index in [9.17, 15) is 9.59 Å². The number of amides is 2. The minimum Gasteiger partial charge on any atom is -0.370 e. The van der Waals surface area contributed by atoms with Crippen LogP contribution in [0.15, 0.2) is 0 Å². The fourth-order valence-corrected chi connectivity index (χ4v) is 2.37. The number of carbonyl (C=O) groups excluding carboxylic acids is 2. The van der Waals surface area contributed by atoms with Crippen LogP contribution in [0.3, 0.4) is 0 Å². The third-order valence-corrected chi connectivity index (χ3v) is 3.60. The van der Waals surface area contributed by atoms with Crippen LogP contribution in [0.25, 0.3) is 0 Å². The monoisotopic (exact) mass is 284 g/mol. The molecule has 0 aromatic rings. The normalized spacial score (nSPS) is 14.2. The fraction of sp³-hybridized carbons (Fsp3) is 0.875. The van der Waals surface area contributed by atoms with E-state index in [4.69, 9.17) is 11.5 Å². The number of rotatable bonds is 9. The molecule has 4 nitrogen and oxygen atoms in total. The highest BCUT2D eigenvalue weighted by Gasteiger charge is 1.97. The van der Waals surface area contributed by atoms with E-state index in [2.05, 4.69) is 0 Å². The zero-order valence-corrected chi connectivity index (χ0v) is 12.9. The van der Waals surface area contributed by atoms with Crippen LogP contribution in [-0.4, -0.2) is 11.8 Å². The molecule has 0 bridgehead atoms. The van der Waals surface area contributed by atoms with E-state index >= 15 is 0 Å². The van der Waals surface area contributed by atoms with Gasteiger partial charge >= 0.3 is 0 Å². The minimum absolute atomic E-state index is 0.223. The van der Waals surface area contributed by atoms with Crippen molar-refractivity contribution in [2.24, 2.45) is 11.5 Å². The average molecular weight is 284 g/mol. The van der Waals surface area contributed by atoms with Crippen LogP contribution >= 0.6 is 0 Å². The first kappa shape index (κ1) is 18.9. The molecule has 0 spiro atoms. The van der Waals surface area contributed by atoms with Gasteiger partial charge in [-0.1, -0.05) is 64.2 Å². The molecule has 4 N–H and O–H groups in total. The Bertz CT molecular complexity index is 219. The zero-order chi connectivity index (χ0) is 15.1. The lowest BCUT2D eigenvalue weighted by atomic mass is 10.0. The van der Waals surface area contributed by atoms with Gasteiger partial charge in [0, 0.05) is 12.8 Å². The number of unbranched alkanes of at least 4 members (excludes halogenated alkanes) is 5. The number of hydrogen-bond acceptors (Lipinski definition) is 2. The zero-order valence-electron chi connectivity index (χ0n) is 12.9. The molecule has 1 rings (SSSR count). The Morgan fingerprint density at radius 3 is 1.05 bits per heavy atom. The molecule has 0 heterocycles. The number of hydrogen-bond donors (Lipinski definition) is 2. The lowest BCUT2D eigenvalue weighted by Crippen LogP contribution is -2.09. The highest BCUT2D eigenvalue weighted by molar-refractivity contribution is 5.73. The summed E-state index contributed by atoms with van der Waals surface area (Å²) in [5, 5.41) is 0. The van der Waals surface area contributed by atoms with Gasteiger partial charge in [0.1, 0.15) is 0 Å². The van der Waals surface area contributed by atoms with Crippen LogP contribution < -0.4 is 11.5 Å². The Morgan fingerprint density at radius 2 is 0.800 bits per heavy atom. The highest BCUT2D eigenvalue weighted by atomic mass is 16.1. The van der Waals surface area contributed by atoms with E-state index < -0.39 is 0 Å². The number of primary amides is 2. The predicted octanol–water partition coefficient (Wildman–Crippen LogP) is 3.42. The Balaban J connectivity index is 0.000000493. The van der Waals surface area contributed by atoms with Crippen molar-refractivity contribution in [1.29, 1.82) is 0 Å². The van der Waals surface area contributed by atoms with E-state index in [0.29, 0.717) is 12.8 Å². The summed E-state index contributed by atoms with van der Waals surface area (Å²) < 4.78 is 0. The van der Waals surface area contributed by atoms with E-state index in [0.717, 1.165) is 38.5 Å². The molecule has 0 radical (unpaired) electrons.